The molecule has 4 rings (SSSR count). The summed E-state index contributed by atoms with van der Waals surface area (Å²) in [6.07, 6.45) is 1.89. The Kier molecular flexibility index (Phi) is 4.51. The molecule has 0 saturated carbocycles. The van der Waals surface area contributed by atoms with Gasteiger partial charge < -0.3 is 4.57 Å². The topological polar surface area (TPSA) is 26.0 Å². The lowest BCUT2D eigenvalue weighted by atomic mass is 10.0. The number of hydrogen-bond acceptors (Lipinski definition) is 3. The molecule has 1 aliphatic rings. The predicted molar refractivity (Wildman–Crippen MR) is 102 cm³/mol. The Labute approximate surface area is 153 Å². The zero-order chi connectivity index (χ0) is 17.2. The predicted octanol–water partition coefficient (Wildman–Crippen LogP) is 3.56. The van der Waals surface area contributed by atoms with Gasteiger partial charge in [0.25, 0.3) is 0 Å². The lowest BCUT2D eigenvalue weighted by molar-refractivity contribution is 0.188. The summed E-state index contributed by atoms with van der Waals surface area (Å²) in [5.41, 5.74) is 4.14. The first kappa shape index (κ1) is 16.2. The Balaban J connectivity index is 1.52. The molecule has 2 heterocycles. The first-order valence-corrected chi connectivity index (χ1v) is 9.07. The zero-order valence-electron chi connectivity index (χ0n) is 14.4. The summed E-state index contributed by atoms with van der Waals surface area (Å²) in [6.45, 7) is 2.75. The fourth-order valence-corrected chi connectivity index (χ4v) is 3.63. The van der Waals surface area contributed by atoms with Crippen LogP contribution in [0, 0.1) is 4.77 Å². The molecule has 0 N–H and O–H groups in total. The van der Waals surface area contributed by atoms with Gasteiger partial charge in [-0.2, -0.15) is 5.10 Å². The first-order chi connectivity index (χ1) is 12.2. The van der Waals surface area contributed by atoms with E-state index in [1.54, 1.807) is 0 Å². The Hall–Kier alpha value is -2.24. The number of fused-ring (bicyclic) bond motifs is 1. The molecule has 4 nitrogen and oxygen atoms in total. The SMILES string of the molecule is Cn1c(Cc2ccccc2)nn(CN2CCc3ccccc3C2)c1=S. The van der Waals surface area contributed by atoms with Crippen LogP contribution in [0.2, 0.25) is 0 Å². The highest BCUT2D eigenvalue weighted by molar-refractivity contribution is 7.71. The third-order valence-corrected chi connectivity index (χ3v) is 5.36. The highest BCUT2D eigenvalue weighted by Crippen LogP contribution is 2.19. The van der Waals surface area contributed by atoms with Crippen molar-refractivity contribution in [2.24, 2.45) is 7.05 Å². The summed E-state index contributed by atoms with van der Waals surface area (Å²) < 4.78 is 4.77. The van der Waals surface area contributed by atoms with Crippen molar-refractivity contribution in [3.05, 3.63) is 81.9 Å². The second-order valence-electron chi connectivity index (χ2n) is 6.63. The normalized spacial score (nSPS) is 14.4. The molecular weight excluding hydrogens is 328 g/mol. The van der Waals surface area contributed by atoms with Gasteiger partial charge in [-0.25, -0.2) is 4.68 Å². The van der Waals surface area contributed by atoms with Gasteiger partial charge in [0, 0.05) is 26.6 Å². The maximum Gasteiger partial charge on any atom is 0.198 e. The molecule has 0 fully saturated rings. The maximum atomic E-state index is 5.61. The molecule has 5 heteroatoms. The van der Waals surface area contributed by atoms with Crippen LogP contribution in [0.5, 0.6) is 0 Å². The van der Waals surface area contributed by atoms with E-state index in [1.807, 2.05) is 22.4 Å². The van der Waals surface area contributed by atoms with Crippen LogP contribution in [0.4, 0.5) is 0 Å². The molecule has 0 unspecified atom stereocenters. The van der Waals surface area contributed by atoms with E-state index in [9.17, 15) is 0 Å². The van der Waals surface area contributed by atoms with Gasteiger partial charge in [0.05, 0.1) is 6.67 Å². The van der Waals surface area contributed by atoms with Crippen LogP contribution in [0.3, 0.4) is 0 Å². The molecule has 0 aliphatic carbocycles. The van der Waals surface area contributed by atoms with Crippen LogP contribution in [0.15, 0.2) is 54.6 Å². The summed E-state index contributed by atoms with van der Waals surface area (Å²) in [6, 6.07) is 19.1. The third kappa shape index (κ3) is 3.43. The fourth-order valence-electron chi connectivity index (χ4n) is 3.42. The molecule has 0 atom stereocenters. The Bertz CT molecular complexity index is 926. The van der Waals surface area contributed by atoms with Crippen LogP contribution < -0.4 is 0 Å². The molecule has 25 heavy (non-hydrogen) atoms. The van der Waals surface area contributed by atoms with Crippen LogP contribution in [0.25, 0.3) is 0 Å². The molecule has 1 aromatic heterocycles. The van der Waals surface area contributed by atoms with Gasteiger partial charge in [0.15, 0.2) is 4.77 Å². The second kappa shape index (κ2) is 6.94. The van der Waals surface area contributed by atoms with Crippen molar-refractivity contribution in [1.82, 2.24) is 19.2 Å². The van der Waals surface area contributed by atoms with Crippen molar-refractivity contribution in [2.75, 3.05) is 6.54 Å². The molecule has 128 valence electrons. The summed E-state index contributed by atoms with van der Waals surface area (Å²) in [5, 5.41) is 4.79. The van der Waals surface area contributed by atoms with E-state index in [2.05, 4.69) is 53.4 Å². The van der Waals surface area contributed by atoms with Crippen molar-refractivity contribution < 1.29 is 0 Å². The Morgan fingerprint density at radius 1 is 1.00 bits per heavy atom. The molecule has 0 amide bonds. The highest BCUT2D eigenvalue weighted by Gasteiger charge is 2.17. The van der Waals surface area contributed by atoms with Crippen LogP contribution >= 0.6 is 12.2 Å². The maximum absolute atomic E-state index is 5.61. The Morgan fingerprint density at radius 2 is 1.72 bits per heavy atom. The van der Waals surface area contributed by atoms with Gasteiger partial charge >= 0.3 is 0 Å². The first-order valence-electron chi connectivity index (χ1n) is 8.66. The summed E-state index contributed by atoms with van der Waals surface area (Å²) in [4.78, 5) is 2.41. The van der Waals surface area contributed by atoms with E-state index in [-0.39, 0.29) is 0 Å². The summed E-state index contributed by atoms with van der Waals surface area (Å²) in [7, 11) is 2.01. The average Bonchev–Trinajstić information content (AvgIpc) is 2.90. The van der Waals surface area contributed by atoms with Gasteiger partial charge in [-0.15, -0.1) is 0 Å². The van der Waals surface area contributed by atoms with Crippen molar-refractivity contribution >= 4 is 12.2 Å². The largest absolute Gasteiger partial charge is 0.307 e. The van der Waals surface area contributed by atoms with Gasteiger partial charge in [0.1, 0.15) is 5.82 Å². The van der Waals surface area contributed by atoms with Crippen molar-refractivity contribution in [2.45, 2.75) is 26.1 Å². The number of aromatic nitrogens is 3. The molecule has 0 bridgehead atoms. The molecule has 0 saturated heterocycles. The number of rotatable bonds is 4. The highest BCUT2D eigenvalue weighted by atomic mass is 32.1. The molecule has 1 aliphatic heterocycles. The quantitative estimate of drug-likeness (QED) is 0.673. The minimum atomic E-state index is 0.746. The lowest BCUT2D eigenvalue weighted by Crippen LogP contribution is -2.32. The third-order valence-electron chi connectivity index (χ3n) is 4.88. The zero-order valence-corrected chi connectivity index (χ0v) is 15.2. The summed E-state index contributed by atoms with van der Waals surface area (Å²) in [5.74, 6) is 1.01. The van der Waals surface area contributed by atoms with Crippen molar-refractivity contribution in [1.29, 1.82) is 0 Å². The second-order valence-corrected chi connectivity index (χ2v) is 7.00. The molecule has 0 spiro atoms. The molecule has 3 aromatic rings. The van der Waals surface area contributed by atoms with Crippen molar-refractivity contribution in [3.63, 3.8) is 0 Å². The van der Waals surface area contributed by atoms with Gasteiger partial charge in [-0.1, -0.05) is 54.6 Å². The van der Waals surface area contributed by atoms with Crippen LogP contribution in [-0.2, 0) is 33.1 Å². The average molecular weight is 350 g/mol. The number of benzene rings is 2. The number of hydrogen-bond donors (Lipinski definition) is 0. The van der Waals surface area contributed by atoms with Gasteiger partial charge in [-0.05, 0) is 35.3 Å². The smallest absolute Gasteiger partial charge is 0.198 e. The van der Waals surface area contributed by atoms with Crippen LogP contribution in [0.1, 0.15) is 22.5 Å². The Morgan fingerprint density at radius 3 is 2.52 bits per heavy atom. The molecular formula is C20H22N4S. The van der Waals surface area contributed by atoms with Gasteiger partial charge in [-0.3, -0.25) is 4.90 Å². The van der Waals surface area contributed by atoms with E-state index in [0.29, 0.717) is 0 Å². The summed E-state index contributed by atoms with van der Waals surface area (Å²) >= 11 is 5.61. The van der Waals surface area contributed by atoms with E-state index < -0.39 is 0 Å². The fraction of sp³-hybridized carbons (Fsp3) is 0.300. The lowest BCUT2D eigenvalue weighted by Gasteiger charge is -2.28. The van der Waals surface area contributed by atoms with E-state index >= 15 is 0 Å². The van der Waals surface area contributed by atoms with E-state index in [0.717, 1.165) is 43.2 Å². The monoisotopic (exact) mass is 350 g/mol. The van der Waals surface area contributed by atoms with E-state index in [1.165, 1.54) is 16.7 Å². The van der Waals surface area contributed by atoms with Crippen molar-refractivity contribution in [3.8, 4) is 0 Å². The van der Waals surface area contributed by atoms with E-state index in [4.69, 9.17) is 17.3 Å². The standard InChI is InChI=1S/C20H22N4S/c1-22-19(13-16-7-3-2-4-8-16)21-24(20(22)25)15-23-12-11-17-9-5-6-10-18(17)14-23/h2-10H,11-15H2,1H3. The minimum Gasteiger partial charge on any atom is -0.307 e. The number of nitrogens with zero attached hydrogens (tertiary/aromatic N) is 4. The molecule has 0 radical (unpaired) electrons. The van der Waals surface area contributed by atoms with Gasteiger partial charge in [0.2, 0.25) is 0 Å². The molecule has 2 aromatic carbocycles. The van der Waals surface area contributed by atoms with Crippen LogP contribution in [-0.4, -0.2) is 25.8 Å². The minimum absolute atomic E-state index is 0.746.